The Morgan fingerprint density at radius 1 is 1.15 bits per heavy atom. The molecule has 0 saturated carbocycles. The van der Waals surface area contributed by atoms with Crippen molar-refractivity contribution < 1.29 is 40.6 Å². The minimum absolute atomic E-state index is 0.0212. The van der Waals surface area contributed by atoms with Gasteiger partial charge in [-0.3, -0.25) is 4.57 Å². The molecule has 3 aromatic rings. The first-order chi connectivity index (χ1) is 15.6. The van der Waals surface area contributed by atoms with Crippen molar-refractivity contribution in [1.29, 1.82) is 0 Å². The maximum absolute atomic E-state index is 14.3. The molecule has 0 radical (unpaired) electrons. The first-order valence-electron chi connectivity index (χ1n) is 9.81. The molecule has 1 aliphatic rings. The van der Waals surface area contributed by atoms with Crippen molar-refractivity contribution >= 4 is 0 Å². The molecule has 2 heterocycles. The largest absolute Gasteiger partial charge is 0.487 e. The Hall–Kier alpha value is -3.21. The molecule has 0 aliphatic carbocycles. The first kappa shape index (κ1) is 23.0. The molecule has 0 N–H and O–H groups in total. The van der Waals surface area contributed by atoms with E-state index in [9.17, 15) is 26.3 Å². The summed E-state index contributed by atoms with van der Waals surface area (Å²) >= 11 is 0. The molecule has 0 spiro atoms. The van der Waals surface area contributed by atoms with Gasteiger partial charge in [0.05, 0.1) is 12.3 Å². The smallest absolute Gasteiger partial charge is 0.340 e. The van der Waals surface area contributed by atoms with Gasteiger partial charge in [0.15, 0.2) is 12.2 Å². The van der Waals surface area contributed by atoms with Crippen LogP contribution in [0, 0.1) is 11.6 Å². The fourth-order valence-corrected chi connectivity index (χ4v) is 3.29. The summed E-state index contributed by atoms with van der Waals surface area (Å²) in [6.45, 7) is 0.380. The van der Waals surface area contributed by atoms with Gasteiger partial charge in [-0.2, -0.15) is 8.78 Å². The fraction of sp³-hybridized carbons (Fsp3) is 0.318. The number of rotatable bonds is 9. The van der Waals surface area contributed by atoms with Crippen LogP contribution in [0.1, 0.15) is 12.5 Å². The highest BCUT2D eigenvalue weighted by molar-refractivity contribution is 5.39. The third kappa shape index (κ3) is 4.63. The standard InChI is InChI=1S/C22H18F6N2O3/c1-13(21(11-32-21)17-7-2-14(23)10-18(17)24)33-20-29-8-9-30(20)15-3-5-16(6-4-15)31-12-22(27,28)19(25)26/h2-10,13,19H,11-12H2,1H3/t13-,21-/m1/s1. The number of ether oxygens (including phenoxy) is 3. The molecule has 4 rings (SSSR count). The number of benzene rings is 2. The fourth-order valence-electron chi connectivity index (χ4n) is 3.29. The van der Waals surface area contributed by atoms with Crippen LogP contribution in [0.15, 0.2) is 54.9 Å². The van der Waals surface area contributed by atoms with E-state index in [0.29, 0.717) is 5.69 Å². The maximum atomic E-state index is 14.3. The number of aromatic nitrogens is 2. The Bertz CT molecular complexity index is 1120. The van der Waals surface area contributed by atoms with E-state index >= 15 is 0 Å². The first-order valence-corrected chi connectivity index (χ1v) is 9.81. The SMILES string of the molecule is C[C@@H](Oc1nccn1-c1ccc(OCC(F)(F)C(F)F)cc1)[C@@]1(c2ccc(F)cc2F)CO1. The second kappa shape index (κ2) is 8.62. The Morgan fingerprint density at radius 3 is 2.45 bits per heavy atom. The molecule has 1 aliphatic heterocycles. The average Bonchev–Trinajstić information content (AvgIpc) is 3.45. The van der Waals surface area contributed by atoms with Gasteiger partial charge in [-0.1, -0.05) is 6.07 Å². The lowest BCUT2D eigenvalue weighted by Crippen LogP contribution is -2.33. The minimum atomic E-state index is -4.26. The van der Waals surface area contributed by atoms with E-state index in [1.807, 2.05) is 0 Å². The summed E-state index contributed by atoms with van der Waals surface area (Å²) in [5, 5.41) is 0. The van der Waals surface area contributed by atoms with Gasteiger partial charge < -0.3 is 14.2 Å². The van der Waals surface area contributed by atoms with Crippen LogP contribution in [0.5, 0.6) is 11.8 Å². The highest BCUT2D eigenvalue weighted by Crippen LogP contribution is 2.44. The predicted octanol–water partition coefficient (Wildman–Crippen LogP) is 5.12. The quantitative estimate of drug-likeness (QED) is 0.320. The van der Waals surface area contributed by atoms with Crippen LogP contribution in [-0.4, -0.2) is 41.2 Å². The summed E-state index contributed by atoms with van der Waals surface area (Å²) in [6, 6.07) is 9.02. The van der Waals surface area contributed by atoms with Crippen molar-refractivity contribution in [1.82, 2.24) is 9.55 Å². The Morgan fingerprint density at radius 2 is 1.85 bits per heavy atom. The van der Waals surface area contributed by atoms with Crippen molar-refractivity contribution in [3.63, 3.8) is 0 Å². The van der Waals surface area contributed by atoms with Crippen molar-refractivity contribution in [3.8, 4) is 17.4 Å². The van der Waals surface area contributed by atoms with Gasteiger partial charge in [0.25, 0.3) is 0 Å². The summed E-state index contributed by atoms with van der Waals surface area (Å²) in [5.74, 6) is -5.74. The molecule has 2 atom stereocenters. The van der Waals surface area contributed by atoms with Crippen LogP contribution in [0.3, 0.4) is 0 Å². The number of alkyl halides is 4. The van der Waals surface area contributed by atoms with Crippen LogP contribution in [0.2, 0.25) is 0 Å². The van der Waals surface area contributed by atoms with Crippen molar-refractivity contribution in [2.24, 2.45) is 0 Å². The molecular weight excluding hydrogens is 454 g/mol. The molecule has 0 amide bonds. The summed E-state index contributed by atoms with van der Waals surface area (Å²) in [6.07, 6.45) is -1.50. The van der Waals surface area contributed by atoms with Crippen LogP contribution >= 0.6 is 0 Å². The zero-order valence-corrected chi connectivity index (χ0v) is 17.2. The van der Waals surface area contributed by atoms with Crippen LogP contribution in [0.25, 0.3) is 5.69 Å². The molecule has 176 valence electrons. The van der Waals surface area contributed by atoms with Crippen molar-refractivity contribution in [3.05, 3.63) is 72.1 Å². The molecule has 33 heavy (non-hydrogen) atoms. The molecule has 1 fully saturated rings. The third-order valence-corrected chi connectivity index (χ3v) is 5.25. The van der Waals surface area contributed by atoms with E-state index in [1.54, 1.807) is 13.1 Å². The summed E-state index contributed by atoms with van der Waals surface area (Å²) in [4.78, 5) is 4.13. The van der Waals surface area contributed by atoms with E-state index < -0.39 is 42.3 Å². The normalized spacial score (nSPS) is 18.9. The minimum Gasteiger partial charge on any atom is -0.487 e. The van der Waals surface area contributed by atoms with Gasteiger partial charge in [-0.15, -0.1) is 0 Å². The second-order valence-corrected chi connectivity index (χ2v) is 7.49. The number of hydrogen-bond acceptors (Lipinski definition) is 4. The Kier molecular flexibility index (Phi) is 6.00. The lowest BCUT2D eigenvalue weighted by molar-refractivity contribution is -0.148. The maximum Gasteiger partial charge on any atom is 0.340 e. The molecule has 1 aromatic heterocycles. The molecule has 0 unspecified atom stereocenters. The number of imidazole rings is 1. The van der Waals surface area contributed by atoms with Crippen molar-refractivity contribution in [2.75, 3.05) is 13.2 Å². The monoisotopic (exact) mass is 472 g/mol. The lowest BCUT2D eigenvalue weighted by atomic mass is 9.94. The number of halogens is 6. The highest BCUT2D eigenvalue weighted by Gasteiger charge is 2.54. The van der Waals surface area contributed by atoms with Gasteiger partial charge in [0.2, 0.25) is 0 Å². The van der Waals surface area contributed by atoms with E-state index in [1.165, 1.54) is 41.1 Å². The summed E-state index contributed by atoms with van der Waals surface area (Å²) in [7, 11) is 0. The van der Waals surface area contributed by atoms with E-state index in [4.69, 9.17) is 14.2 Å². The average molecular weight is 472 g/mol. The molecule has 5 nitrogen and oxygen atoms in total. The molecular formula is C22H18F6N2O3. The number of epoxide rings is 1. The van der Waals surface area contributed by atoms with E-state index in [2.05, 4.69) is 4.98 Å². The van der Waals surface area contributed by atoms with Gasteiger partial charge in [-0.25, -0.2) is 22.5 Å². The van der Waals surface area contributed by atoms with Crippen LogP contribution in [0.4, 0.5) is 26.3 Å². The van der Waals surface area contributed by atoms with Gasteiger partial charge in [-0.05, 0) is 37.3 Å². The Balaban J connectivity index is 1.47. The highest BCUT2D eigenvalue weighted by atomic mass is 19.3. The number of hydrogen-bond donors (Lipinski definition) is 0. The summed E-state index contributed by atoms with van der Waals surface area (Å²) < 4.78 is 95.8. The Labute approximate surface area is 184 Å². The zero-order chi connectivity index (χ0) is 23.8. The van der Waals surface area contributed by atoms with E-state index in [0.717, 1.165) is 12.1 Å². The lowest BCUT2D eigenvalue weighted by Gasteiger charge is -2.22. The molecule has 2 aromatic carbocycles. The van der Waals surface area contributed by atoms with Crippen LogP contribution < -0.4 is 9.47 Å². The second-order valence-electron chi connectivity index (χ2n) is 7.49. The zero-order valence-electron chi connectivity index (χ0n) is 17.2. The number of nitrogens with zero attached hydrogens (tertiary/aromatic N) is 2. The predicted molar refractivity (Wildman–Crippen MR) is 104 cm³/mol. The van der Waals surface area contributed by atoms with Crippen LogP contribution in [-0.2, 0) is 10.3 Å². The van der Waals surface area contributed by atoms with Crippen molar-refractivity contribution in [2.45, 2.75) is 31.0 Å². The van der Waals surface area contributed by atoms with Gasteiger partial charge in [0, 0.05) is 24.0 Å². The van der Waals surface area contributed by atoms with Gasteiger partial charge in [0.1, 0.15) is 23.5 Å². The molecule has 1 saturated heterocycles. The van der Waals surface area contributed by atoms with E-state index in [-0.39, 0.29) is 23.9 Å². The molecule has 11 heteroatoms. The topological polar surface area (TPSA) is 48.8 Å². The third-order valence-electron chi connectivity index (χ3n) is 5.25. The van der Waals surface area contributed by atoms with Gasteiger partial charge >= 0.3 is 18.4 Å². The molecule has 0 bridgehead atoms. The summed E-state index contributed by atoms with van der Waals surface area (Å²) in [5.41, 5.74) is -0.416.